The molecule has 3 rings (SSSR count). The normalized spacial score (nSPS) is 16.1. The Hall–Kier alpha value is -2.14. The van der Waals surface area contributed by atoms with Crippen LogP contribution < -0.4 is 0 Å². The number of aromatic nitrogens is 2. The average molecular weight is 340 g/mol. The van der Waals surface area contributed by atoms with Crippen LogP contribution in [0, 0.1) is 13.8 Å². The topological polar surface area (TPSA) is 52.2 Å². The van der Waals surface area contributed by atoms with Crippen molar-refractivity contribution in [3.63, 3.8) is 0 Å². The molecule has 134 valence electrons. The first kappa shape index (κ1) is 17.7. The van der Waals surface area contributed by atoms with Gasteiger partial charge in [-0.25, -0.2) is 0 Å². The monoisotopic (exact) mass is 340 g/mol. The molecule has 25 heavy (non-hydrogen) atoms. The summed E-state index contributed by atoms with van der Waals surface area (Å²) >= 11 is 0. The minimum Gasteiger partial charge on any atom is -0.342 e. The summed E-state index contributed by atoms with van der Waals surface area (Å²) in [7, 11) is 1.95. The fraction of sp³-hybridized carbons (Fsp3) is 0.500. The zero-order chi connectivity index (χ0) is 17.8. The fourth-order valence-electron chi connectivity index (χ4n) is 3.62. The minimum atomic E-state index is 0.189. The van der Waals surface area contributed by atoms with Crippen molar-refractivity contribution >= 4 is 5.91 Å². The van der Waals surface area contributed by atoms with E-state index in [1.165, 1.54) is 5.56 Å². The van der Waals surface area contributed by atoms with Crippen LogP contribution in [0.4, 0.5) is 0 Å². The van der Waals surface area contributed by atoms with Crippen LogP contribution >= 0.6 is 0 Å². The van der Waals surface area contributed by atoms with E-state index in [4.69, 9.17) is 0 Å². The molecule has 5 nitrogen and oxygen atoms in total. The van der Waals surface area contributed by atoms with E-state index in [1.807, 2.05) is 25.8 Å². The van der Waals surface area contributed by atoms with Gasteiger partial charge in [0.1, 0.15) is 0 Å². The number of benzene rings is 1. The number of hydrogen-bond donors (Lipinski definition) is 1. The Morgan fingerprint density at radius 2 is 1.92 bits per heavy atom. The SMILES string of the molecule is Cc1n[nH]c(C)c1CC(=O)N(C)C1CCN(Cc2ccccc2)CC1. The third kappa shape index (κ3) is 4.28. The van der Waals surface area contributed by atoms with Gasteiger partial charge in [0.05, 0.1) is 12.1 Å². The predicted octanol–water partition coefficient (Wildman–Crippen LogP) is 2.69. The quantitative estimate of drug-likeness (QED) is 0.910. The van der Waals surface area contributed by atoms with E-state index in [-0.39, 0.29) is 5.91 Å². The number of H-pyrrole nitrogens is 1. The first-order valence-corrected chi connectivity index (χ1v) is 9.07. The molecule has 1 aromatic carbocycles. The van der Waals surface area contributed by atoms with Crippen molar-refractivity contribution in [2.75, 3.05) is 20.1 Å². The van der Waals surface area contributed by atoms with Crippen molar-refractivity contribution in [2.45, 2.75) is 45.7 Å². The van der Waals surface area contributed by atoms with Gasteiger partial charge in [0.2, 0.25) is 5.91 Å². The molecule has 5 heteroatoms. The number of likely N-dealkylation sites (tertiary alicyclic amines) is 1. The van der Waals surface area contributed by atoms with Gasteiger partial charge in [0.15, 0.2) is 0 Å². The van der Waals surface area contributed by atoms with Crippen molar-refractivity contribution in [3.8, 4) is 0 Å². The average Bonchev–Trinajstić information content (AvgIpc) is 2.94. The second-order valence-electron chi connectivity index (χ2n) is 7.09. The minimum absolute atomic E-state index is 0.189. The lowest BCUT2D eigenvalue weighted by molar-refractivity contribution is -0.132. The molecule has 1 saturated heterocycles. The number of carbonyl (C=O) groups excluding carboxylic acids is 1. The van der Waals surface area contributed by atoms with Crippen molar-refractivity contribution in [3.05, 3.63) is 52.8 Å². The number of nitrogens with one attached hydrogen (secondary N) is 1. The van der Waals surface area contributed by atoms with Crippen molar-refractivity contribution in [1.82, 2.24) is 20.0 Å². The van der Waals surface area contributed by atoms with Gasteiger partial charge in [0, 0.05) is 44.0 Å². The largest absolute Gasteiger partial charge is 0.342 e. The lowest BCUT2D eigenvalue weighted by Crippen LogP contribution is -2.45. The number of aromatic amines is 1. The van der Waals surface area contributed by atoms with Gasteiger partial charge in [-0.15, -0.1) is 0 Å². The summed E-state index contributed by atoms with van der Waals surface area (Å²) in [5, 5.41) is 7.15. The Morgan fingerprint density at radius 1 is 1.24 bits per heavy atom. The molecule has 1 fully saturated rings. The first-order valence-electron chi connectivity index (χ1n) is 9.07. The van der Waals surface area contributed by atoms with Gasteiger partial charge < -0.3 is 4.90 Å². The van der Waals surface area contributed by atoms with Crippen molar-refractivity contribution < 1.29 is 4.79 Å². The van der Waals surface area contributed by atoms with E-state index in [0.29, 0.717) is 12.5 Å². The highest BCUT2D eigenvalue weighted by molar-refractivity contribution is 5.79. The molecular weight excluding hydrogens is 312 g/mol. The van der Waals surface area contributed by atoms with Crippen molar-refractivity contribution in [2.24, 2.45) is 0 Å². The summed E-state index contributed by atoms with van der Waals surface area (Å²) in [5.41, 5.74) is 4.32. The van der Waals surface area contributed by atoms with E-state index in [1.54, 1.807) is 0 Å². The van der Waals surface area contributed by atoms with Gasteiger partial charge in [-0.3, -0.25) is 14.8 Å². The van der Waals surface area contributed by atoms with Crippen LogP contribution in [0.5, 0.6) is 0 Å². The fourth-order valence-corrected chi connectivity index (χ4v) is 3.62. The van der Waals surface area contributed by atoms with E-state index in [9.17, 15) is 4.79 Å². The van der Waals surface area contributed by atoms with Crippen LogP contribution in [0.25, 0.3) is 0 Å². The maximum absolute atomic E-state index is 12.7. The second kappa shape index (κ2) is 7.83. The lowest BCUT2D eigenvalue weighted by Gasteiger charge is -2.37. The maximum Gasteiger partial charge on any atom is 0.227 e. The molecule has 0 saturated carbocycles. The third-order valence-corrected chi connectivity index (χ3v) is 5.36. The van der Waals surface area contributed by atoms with Crippen LogP contribution in [0.15, 0.2) is 30.3 Å². The van der Waals surface area contributed by atoms with Crippen LogP contribution in [0.2, 0.25) is 0 Å². The molecule has 0 bridgehead atoms. The lowest BCUT2D eigenvalue weighted by atomic mass is 10.0. The zero-order valence-corrected chi connectivity index (χ0v) is 15.5. The van der Waals surface area contributed by atoms with Crippen LogP contribution in [-0.2, 0) is 17.8 Å². The second-order valence-corrected chi connectivity index (χ2v) is 7.09. The molecule has 2 heterocycles. The van der Waals surface area contributed by atoms with Gasteiger partial charge in [0.25, 0.3) is 0 Å². The molecular formula is C20H28N4O. The maximum atomic E-state index is 12.7. The molecule has 0 spiro atoms. The number of hydrogen-bond acceptors (Lipinski definition) is 3. The summed E-state index contributed by atoms with van der Waals surface area (Å²) < 4.78 is 0. The van der Waals surface area contributed by atoms with Crippen molar-refractivity contribution in [1.29, 1.82) is 0 Å². The Balaban J connectivity index is 1.51. The predicted molar refractivity (Wildman–Crippen MR) is 99.3 cm³/mol. The molecule has 0 atom stereocenters. The highest BCUT2D eigenvalue weighted by atomic mass is 16.2. The van der Waals surface area contributed by atoms with E-state index in [2.05, 4.69) is 45.4 Å². The summed E-state index contributed by atoms with van der Waals surface area (Å²) in [6.07, 6.45) is 2.52. The number of rotatable bonds is 5. The van der Waals surface area contributed by atoms with E-state index in [0.717, 1.165) is 49.4 Å². The first-order chi connectivity index (χ1) is 12.0. The highest BCUT2D eigenvalue weighted by Gasteiger charge is 2.26. The highest BCUT2D eigenvalue weighted by Crippen LogP contribution is 2.19. The van der Waals surface area contributed by atoms with E-state index >= 15 is 0 Å². The number of nitrogens with zero attached hydrogens (tertiary/aromatic N) is 3. The molecule has 1 aromatic heterocycles. The molecule has 1 aliphatic rings. The molecule has 1 aliphatic heterocycles. The Kier molecular flexibility index (Phi) is 5.53. The third-order valence-electron chi connectivity index (χ3n) is 5.36. The van der Waals surface area contributed by atoms with Gasteiger partial charge >= 0.3 is 0 Å². The standard InChI is InChI=1S/C20H28N4O/c1-15-19(16(2)22-21-15)13-20(25)23(3)18-9-11-24(12-10-18)14-17-7-5-4-6-8-17/h4-8,18H,9-14H2,1-3H3,(H,21,22). The molecule has 1 amide bonds. The number of likely N-dealkylation sites (N-methyl/N-ethyl adjacent to an activating group) is 1. The Labute approximate surface area is 150 Å². The van der Waals surface area contributed by atoms with Gasteiger partial charge in [-0.2, -0.15) is 5.10 Å². The van der Waals surface area contributed by atoms with E-state index < -0.39 is 0 Å². The molecule has 1 N–H and O–H groups in total. The summed E-state index contributed by atoms with van der Waals surface area (Å²) in [6.45, 7) is 7.01. The zero-order valence-electron chi connectivity index (χ0n) is 15.5. The molecule has 0 aliphatic carbocycles. The van der Waals surface area contributed by atoms with Crippen LogP contribution in [0.1, 0.15) is 35.4 Å². The Bertz CT molecular complexity index is 682. The number of amides is 1. The molecule has 0 unspecified atom stereocenters. The number of carbonyl (C=O) groups is 1. The number of aryl methyl sites for hydroxylation is 2. The van der Waals surface area contributed by atoms with Gasteiger partial charge in [-0.05, 0) is 32.3 Å². The smallest absolute Gasteiger partial charge is 0.227 e. The summed E-state index contributed by atoms with van der Waals surface area (Å²) in [6, 6.07) is 10.9. The van der Waals surface area contributed by atoms with Crippen LogP contribution in [0.3, 0.4) is 0 Å². The number of piperidine rings is 1. The van der Waals surface area contributed by atoms with Crippen LogP contribution in [-0.4, -0.2) is 52.1 Å². The van der Waals surface area contributed by atoms with Gasteiger partial charge in [-0.1, -0.05) is 30.3 Å². The molecule has 2 aromatic rings. The summed E-state index contributed by atoms with van der Waals surface area (Å²) in [5.74, 6) is 0.189. The summed E-state index contributed by atoms with van der Waals surface area (Å²) in [4.78, 5) is 17.1. The Morgan fingerprint density at radius 3 is 2.52 bits per heavy atom. The molecule has 0 radical (unpaired) electrons.